The molecule has 0 bridgehead atoms. The van der Waals surface area contributed by atoms with Crippen LogP contribution in [0.1, 0.15) is 12.8 Å². The van der Waals surface area contributed by atoms with Gasteiger partial charge in [-0.2, -0.15) is 0 Å². The van der Waals surface area contributed by atoms with Crippen LogP contribution in [0.2, 0.25) is 0 Å². The van der Waals surface area contributed by atoms with Crippen LogP contribution in [0, 0.1) is 11.7 Å². The van der Waals surface area contributed by atoms with Crippen molar-refractivity contribution in [3.8, 4) is 0 Å². The molecule has 2 N–H and O–H groups in total. The molecule has 2 rings (SSSR count). The molecule has 0 spiro atoms. The van der Waals surface area contributed by atoms with Gasteiger partial charge in [0, 0.05) is 19.6 Å². The average Bonchev–Trinajstić information content (AvgIpc) is 3.01. The monoisotopic (exact) mass is 208 g/mol. The number of likely N-dealkylation sites (N-methyl/N-ethyl adjacent to an activating group) is 1. The smallest absolute Gasteiger partial charge is 0.146 e. The van der Waals surface area contributed by atoms with E-state index in [0.29, 0.717) is 11.6 Å². The molecule has 1 aromatic rings. The van der Waals surface area contributed by atoms with Crippen molar-refractivity contribution < 1.29 is 4.39 Å². The van der Waals surface area contributed by atoms with Crippen molar-refractivity contribution >= 4 is 5.69 Å². The third-order valence-electron chi connectivity index (χ3n) is 2.98. The highest BCUT2D eigenvalue weighted by Gasteiger charge is 2.29. The fourth-order valence-electron chi connectivity index (χ4n) is 1.85. The van der Waals surface area contributed by atoms with Crippen molar-refractivity contribution in [1.82, 2.24) is 0 Å². The number of halogens is 1. The Morgan fingerprint density at radius 2 is 2.13 bits per heavy atom. The summed E-state index contributed by atoms with van der Waals surface area (Å²) < 4.78 is 13.4. The Hall–Kier alpha value is -1.09. The number of nitrogens with zero attached hydrogens (tertiary/aromatic N) is 1. The van der Waals surface area contributed by atoms with Gasteiger partial charge in [-0.25, -0.2) is 4.39 Å². The molecule has 0 aromatic heterocycles. The van der Waals surface area contributed by atoms with E-state index in [9.17, 15) is 4.39 Å². The van der Waals surface area contributed by atoms with Crippen LogP contribution in [0.4, 0.5) is 10.1 Å². The summed E-state index contributed by atoms with van der Waals surface area (Å²) >= 11 is 0. The van der Waals surface area contributed by atoms with Crippen molar-refractivity contribution in [3.05, 3.63) is 30.1 Å². The summed E-state index contributed by atoms with van der Waals surface area (Å²) in [7, 11) is 1.89. The largest absolute Gasteiger partial charge is 0.371 e. The highest BCUT2D eigenvalue weighted by atomic mass is 19.1. The van der Waals surface area contributed by atoms with Gasteiger partial charge in [0.2, 0.25) is 0 Å². The van der Waals surface area contributed by atoms with E-state index < -0.39 is 0 Å². The molecule has 1 atom stereocenters. The molecule has 0 aliphatic heterocycles. The van der Waals surface area contributed by atoms with Gasteiger partial charge in [0.05, 0.1) is 5.69 Å². The summed E-state index contributed by atoms with van der Waals surface area (Å²) in [6, 6.07) is 6.99. The van der Waals surface area contributed by atoms with Crippen molar-refractivity contribution in [3.63, 3.8) is 0 Å². The number of para-hydroxylation sites is 1. The Kier molecular flexibility index (Phi) is 2.91. The third kappa shape index (κ3) is 2.48. The topological polar surface area (TPSA) is 29.3 Å². The summed E-state index contributed by atoms with van der Waals surface area (Å²) in [5, 5.41) is 0. The van der Waals surface area contributed by atoms with E-state index in [4.69, 9.17) is 5.73 Å². The van der Waals surface area contributed by atoms with Gasteiger partial charge in [-0.05, 0) is 30.9 Å². The predicted molar refractivity (Wildman–Crippen MR) is 60.4 cm³/mol. The van der Waals surface area contributed by atoms with Gasteiger partial charge in [-0.15, -0.1) is 0 Å². The first kappa shape index (κ1) is 10.4. The van der Waals surface area contributed by atoms with Crippen LogP contribution in [-0.4, -0.2) is 19.6 Å². The van der Waals surface area contributed by atoms with E-state index in [0.717, 1.165) is 6.54 Å². The molecule has 1 saturated carbocycles. The van der Waals surface area contributed by atoms with Crippen molar-refractivity contribution in [2.75, 3.05) is 18.5 Å². The molecule has 1 aromatic carbocycles. The lowest BCUT2D eigenvalue weighted by Crippen LogP contribution is -2.37. The first-order chi connectivity index (χ1) is 7.18. The molecule has 0 heterocycles. The quantitative estimate of drug-likeness (QED) is 0.820. The number of anilines is 1. The van der Waals surface area contributed by atoms with Gasteiger partial charge in [0.25, 0.3) is 0 Å². The molecular formula is C12H17FN2. The number of nitrogens with two attached hydrogens (primary N) is 1. The summed E-state index contributed by atoms with van der Waals surface area (Å²) in [5.41, 5.74) is 6.64. The maximum absolute atomic E-state index is 13.4. The van der Waals surface area contributed by atoms with Crippen LogP contribution in [0.25, 0.3) is 0 Å². The molecule has 0 saturated heterocycles. The summed E-state index contributed by atoms with van der Waals surface area (Å²) in [4.78, 5) is 1.90. The Morgan fingerprint density at radius 1 is 1.47 bits per heavy atom. The van der Waals surface area contributed by atoms with E-state index in [2.05, 4.69) is 0 Å². The minimum absolute atomic E-state index is 0.176. The van der Waals surface area contributed by atoms with Crippen LogP contribution < -0.4 is 10.6 Å². The van der Waals surface area contributed by atoms with E-state index in [-0.39, 0.29) is 11.9 Å². The second-order valence-corrected chi connectivity index (χ2v) is 4.33. The highest BCUT2D eigenvalue weighted by molar-refractivity contribution is 5.46. The van der Waals surface area contributed by atoms with E-state index >= 15 is 0 Å². The molecule has 0 amide bonds. The standard InChI is InChI=1S/C12H17FN2/c1-15(8-11(14)9-6-7-9)12-5-3-2-4-10(12)13/h2-5,9,11H,6-8,14H2,1H3. The van der Waals surface area contributed by atoms with Crippen molar-refractivity contribution in [2.45, 2.75) is 18.9 Å². The Morgan fingerprint density at radius 3 is 2.73 bits per heavy atom. The Labute approximate surface area is 89.9 Å². The number of rotatable bonds is 4. The first-order valence-electron chi connectivity index (χ1n) is 5.39. The number of hydrogen-bond donors (Lipinski definition) is 1. The maximum Gasteiger partial charge on any atom is 0.146 e. The SMILES string of the molecule is CN(CC(N)C1CC1)c1ccccc1F. The molecule has 2 nitrogen and oxygen atoms in total. The molecular weight excluding hydrogens is 191 g/mol. The fourth-order valence-corrected chi connectivity index (χ4v) is 1.85. The normalized spacial score (nSPS) is 17.5. The molecule has 1 aliphatic rings. The minimum Gasteiger partial charge on any atom is -0.371 e. The Balaban J connectivity index is 2.00. The van der Waals surface area contributed by atoms with E-state index in [1.807, 2.05) is 18.0 Å². The molecule has 1 aliphatic carbocycles. The lowest BCUT2D eigenvalue weighted by Gasteiger charge is -2.23. The zero-order valence-corrected chi connectivity index (χ0v) is 8.99. The number of benzene rings is 1. The van der Waals surface area contributed by atoms with Crippen molar-refractivity contribution in [2.24, 2.45) is 11.7 Å². The van der Waals surface area contributed by atoms with Crippen LogP contribution >= 0.6 is 0 Å². The lowest BCUT2D eigenvalue weighted by molar-refractivity contribution is 0.575. The third-order valence-corrected chi connectivity index (χ3v) is 2.98. The molecule has 0 radical (unpaired) electrons. The van der Waals surface area contributed by atoms with Gasteiger partial charge in [0.1, 0.15) is 5.82 Å². The van der Waals surface area contributed by atoms with Crippen molar-refractivity contribution in [1.29, 1.82) is 0 Å². The molecule has 1 fully saturated rings. The second-order valence-electron chi connectivity index (χ2n) is 4.33. The lowest BCUT2D eigenvalue weighted by atomic mass is 10.2. The summed E-state index contributed by atoms with van der Waals surface area (Å²) in [6.45, 7) is 0.728. The number of hydrogen-bond acceptors (Lipinski definition) is 2. The first-order valence-corrected chi connectivity index (χ1v) is 5.39. The second kappa shape index (κ2) is 4.19. The van der Waals surface area contributed by atoms with Gasteiger partial charge in [0.15, 0.2) is 0 Å². The van der Waals surface area contributed by atoms with E-state index in [1.165, 1.54) is 18.9 Å². The van der Waals surface area contributed by atoms with Crippen LogP contribution in [0.5, 0.6) is 0 Å². The summed E-state index contributed by atoms with van der Waals surface area (Å²) in [5.74, 6) is 0.474. The minimum atomic E-state index is -0.178. The highest BCUT2D eigenvalue weighted by Crippen LogP contribution is 2.32. The van der Waals surface area contributed by atoms with Gasteiger partial charge >= 0.3 is 0 Å². The predicted octanol–water partition coefficient (Wildman–Crippen LogP) is 2.00. The van der Waals surface area contributed by atoms with Gasteiger partial charge < -0.3 is 10.6 Å². The Bertz CT molecular complexity index is 336. The van der Waals surface area contributed by atoms with E-state index in [1.54, 1.807) is 12.1 Å². The van der Waals surface area contributed by atoms with Crippen LogP contribution in [0.3, 0.4) is 0 Å². The van der Waals surface area contributed by atoms with Gasteiger partial charge in [-0.1, -0.05) is 12.1 Å². The summed E-state index contributed by atoms with van der Waals surface area (Å²) in [6.07, 6.45) is 2.46. The molecule has 1 unspecified atom stereocenters. The zero-order valence-electron chi connectivity index (χ0n) is 8.99. The maximum atomic E-state index is 13.4. The molecule has 82 valence electrons. The zero-order chi connectivity index (χ0) is 10.8. The fraction of sp³-hybridized carbons (Fsp3) is 0.500. The van der Waals surface area contributed by atoms with Crippen LogP contribution in [0.15, 0.2) is 24.3 Å². The van der Waals surface area contributed by atoms with Crippen LogP contribution in [-0.2, 0) is 0 Å². The molecule has 3 heteroatoms. The average molecular weight is 208 g/mol. The van der Waals surface area contributed by atoms with Gasteiger partial charge in [-0.3, -0.25) is 0 Å². The molecule has 15 heavy (non-hydrogen) atoms.